The summed E-state index contributed by atoms with van der Waals surface area (Å²) in [6.45, 7) is 0. The Labute approximate surface area is 148 Å². The van der Waals surface area contributed by atoms with E-state index in [4.69, 9.17) is 5.11 Å². The van der Waals surface area contributed by atoms with E-state index in [2.05, 4.69) is 10.3 Å². The fourth-order valence-electron chi connectivity index (χ4n) is 3.14. The Morgan fingerprint density at radius 1 is 1.28 bits per heavy atom. The van der Waals surface area contributed by atoms with Crippen molar-refractivity contribution < 1.29 is 19.1 Å². The lowest BCUT2D eigenvalue weighted by atomic mass is 10.0. The van der Waals surface area contributed by atoms with Gasteiger partial charge in [0.2, 0.25) is 5.91 Å². The molecule has 1 aliphatic rings. The number of carboxylic acids is 1. The molecule has 0 aliphatic heterocycles. The average Bonchev–Trinajstić information content (AvgIpc) is 3.19. The molecule has 1 aliphatic carbocycles. The van der Waals surface area contributed by atoms with Crippen LogP contribution in [0.1, 0.15) is 35.5 Å². The van der Waals surface area contributed by atoms with Crippen molar-refractivity contribution in [1.29, 1.82) is 0 Å². The number of nitrogens with one attached hydrogen (secondary N) is 1. The Hall–Kier alpha value is -2.28. The van der Waals surface area contributed by atoms with Crippen LogP contribution in [0.15, 0.2) is 29.6 Å². The van der Waals surface area contributed by atoms with Crippen molar-refractivity contribution in [1.82, 2.24) is 10.3 Å². The van der Waals surface area contributed by atoms with Crippen LogP contribution >= 0.6 is 11.3 Å². The second-order valence-corrected chi connectivity index (χ2v) is 7.20. The van der Waals surface area contributed by atoms with Gasteiger partial charge in [-0.2, -0.15) is 0 Å². The van der Waals surface area contributed by atoms with Crippen molar-refractivity contribution in [2.75, 3.05) is 0 Å². The van der Waals surface area contributed by atoms with E-state index in [1.807, 2.05) is 5.38 Å². The molecular formula is C18H19FN2O3S. The summed E-state index contributed by atoms with van der Waals surface area (Å²) in [7, 11) is 0. The van der Waals surface area contributed by atoms with Gasteiger partial charge in [-0.15, -0.1) is 11.3 Å². The van der Waals surface area contributed by atoms with Crippen molar-refractivity contribution in [3.05, 3.63) is 51.7 Å². The van der Waals surface area contributed by atoms with Crippen molar-refractivity contribution in [3.63, 3.8) is 0 Å². The molecule has 2 aromatic rings. The number of carboxylic acid groups (broad SMARTS) is 1. The monoisotopic (exact) mass is 362 g/mol. The molecule has 0 radical (unpaired) electrons. The highest BCUT2D eigenvalue weighted by Gasteiger charge is 2.33. The molecule has 3 rings (SSSR count). The van der Waals surface area contributed by atoms with Gasteiger partial charge in [0, 0.05) is 17.8 Å². The minimum Gasteiger partial charge on any atom is -0.481 e. The van der Waals surface area contributed by atoms with E-state index < -0.39 is 11.9 Å². The van der Waals surface area contributed by atoms with Gasteiger partial charge in [-0.05, 0) is 30.5 Å². The number of benzene rings is 1. The molecule has 7 heteroatoms. The number of rotatable bonds is 6. The highest BCUT2D eigenvalue weighted by Crippen LogP contribution is 2.26. The number of amides is 1. The highest BCUT2D eigenvalue weighted by atomic mass is 32.1. The molecule has 0 saturated heterocycles. The number of carbonyl (C=O) groups is 2. The zero-order valence-corrected chi connectivity index (χ0v) is 14.4. The number of thiazole rings is 1. The van der Waals surface area contributed by atoms with Crippen molar-refractivity contribution in [2.24, 2.45) is 5.92 Å². The summed E-state index contributed by atoms with van der Waals surface area (Å²) in [6.07, 6.45) is 2.87. The zero-order chi connectivity index (χ0) is 17.8. The van der Waals surface area contributed by atoms with Crippen LogP contribution < -0.4 is 5.32 Å². The lowest BCUT2D eigenvalue weighted by Gasteiger charge is -2.17. The Bertz CT molecular complexity index is 760. The molecule has 0 bridgehead atoms. The van der Waals surface area contributed by atoms with E-state index >= 15 is 0 Å². The summed E-state index contributed by atoms with van der Waals surface area (Å²) >= 11 is 1.46. The predicted molar refractivity (Wildman–Crippen MR) is 91.9 cm³/mol. The molecule has 1 aromatic carbocycles. The van der Waals surface area contributed by atoms with E-state index in [0.717, 1.165) is 17.0 Å². The molecule has 2 N–H and O–H groups in total. The zero-order valence-electron chi connectivity index (χ0n) is 13.6. The maximum Gasteiger partial charge on any atom is 0.308 e. The van der Waals surface area contributed by atoms with Crippen molar-refractivity contribution >= 4 is 23.2 Å². The SMILES string of the molecule is O=C(Cc1csc(Cc2ccc(F)cc2)n1)N[C@H]1CCC[C@H]1C(=O)O. The summed E-state index contributed by atoms with van der Waals surface area (Å²) < 4.78 is 12.9. The third-order valence-electron chi connectivity index (χ3n) is 4.39. The Morgan fingerprint density at radius 2 is 2.04 bits per heavy atom. The van der Waals surface area contributed by atoms with Gasteiger partial charge >= 0.3 is 5.97 Å². The lowest BCUT2D eigenvalue weighted by molar-refractivity contribution is -0.142. The van der Waals surface area contributed by atoms with Crippen LogP contribution in [0.3, 0.4) is 0 Å². The molecule has 0 unspecified atom stereocenters. The number of nitrogens with zero attached hydrogens (tertiary/aromatic N) is 1. The number of hydrogen-bond donors (Lipinski definition) is 2. The molecule has 0 spiro atoms. The molecule has 1 aromatic heterocycles. The number of aromatic nitrogens is 1. The van der Waals surface area contributed by atoms with Gasteiger partial charge < -0.3 is 10.4 Å². The van der Waals surface area contributed by atoms with Gasteiger partial charge in [0.15, 0.2) is 0 Å². The van der Waals surface area contributed by atoms with Gasteiger partial charge in [-0.3, -0.25) is 9.59 Å². The molecule has 5 nitrogen and oxygen atoms in total. The van der Waals surface area contributed by atoms with Crippen LogP contribution in [0.4, 0.5) is 4.39 Å². The molecular weight excluding hydrogens is 343 g/mol. The summed E-state index contributed by atoms with van der Waals surface area (Å²) in [4.78, 5) is 27.8. The topological polar surface area (TPSA) is 79.3 Å². The average molecular weight is 362 g/mol. The summed E-state index contributed by atoms with van der Waals surface area (Å²) in [5.41, 5.74) is 1.63. The molecule has 1 amide bonds. The smallest absolute Gasteiger partial charge is 0.308 e. The third-order valence-corrected chi connectivity index (χ3v) is 5.29. The number of halogens is 1. The quantitative estimate of drug-likeness (QED) is 0.828. The fraction of sp³-hybridized carbons (Fsp3) is 0.389. The molecule has 1 saturated carbocycles. The number of aliphatic carboxylic acids is 1. The number of hydrogen-bond acceptors (Lipinski definition) is 4. The van der Waals surface area contributed by atoms with Gasteiger partial charge in [0.25, 0.3) is 0 Å². The van der Waals surface area contributed by atoms with Crippen molar-refractivity contribution in [2.45, 2.75) is 38.1 Å². The first-order valence-electron chi connectivity index (χ1n) is 8.21. The molecule has 25 heavy (non-hydrogen) atoms. The second-order valence-electron chi connectivity index (χ2n) is 6.26. The number of carbonyl (C=O) groups excluding carboxylic acids is 1. The predicted octanol–water partition coefficient (Wildman–Crippen LogP) is 2.79. The first-order valence-corrected chi connectivity index (χ1v) is 9.09. The van der Waals surface area contributed by atoms with Crippen LogP contribution in [0, 0.1) is 11.7 Å². The van der Waals surface area contributed by atoms with E-state index in [9.17, 15) is 14.0 Å². The molecule has 1 fully saturated rings. The largest absolute Gasteiger partial charge is 0.481 e. The molecule has 1 heterocycles. The standard InChI is InChI=1S/C18H19FN2O3S/c19-12-6-4-11(5-7-12)8-17-20-13(10-25-17)9-16(22)21-15-3-1-2-14(15)18(23)24/h4-7,10,14-15H,1-3,8-9H2,(H,21,22)(H,23,24)/t14-,15+/m1/s1. The summed E-state index contributed by atoms with van der Waals surface area (Å²) in [5, 5.41) is 14.7. The Balaban J connectivity index is 1.55. The van der Waals surface area contributed by atoms with E-state index in [1.54, 1.807) is 12.1 Å². The van der Waals surface area contributed by atoms with Crippen LogP contribution in [0.25, 0.3) is 0 Å². The summed E-state index contributed by atoms with van der Waals surface area (Å²) in [5.74, 6) is -1.81. The third kappa shape index (κ3) is 4.63. The molecule has 2 atom stereocenters. The van der Waals surface area contributed by atoms with Gasteiger partial charge in [-0.25, -0.2) is 9.37 Å². The maximum absolute atomic E-state index is 12.9. The van der Waals surface area contributed by atoms with Gasteiger partial charge in [0.1, 0.15) is 5.82 Å². The van der Waals surface area contributed by atoms with Gasteiger partial charge in [-0.1, -0.05) is 18.6 Å². The van der Waals surface area contributed by atoms with Crippen LogP contribution in [-0.2, 0) is 22.4 Å². The highest BCUT2D eigenvalue weighted by molar-refractivity contribution is 7.09. The summed E-state index contributed by atoms with van der Waals surface area (Å²) in [6, 6.07) is 5.97. The maximum atomic E-state index is 12.9. The minimum absolute atomic E-state index is 0.142. The van der Waals surface area contributed by atoms with Gasteiger partial charge in [0.05, 0.1) is 23.0 Å². The van der Waals surface area contributed by atoms with Crippen LogP contribution in [0.5, 0.6) is 0 Å². The van der Waals surface area contributed by atoms with Crippen molar-refractivity contribution in [3.8, 4) is 0 Å². The minimum atomic E-state index is -0.849. The van der Waals surface area contributed by atoms with E-state index in [0.29, 0.717) is 25.0 Å². The fourth-order valence-corrected chi connectivity index (χ4v) is 3.97. The van der Waals surface area contributed by atoms with Crippen LogP contribution in [-0.4, -0.2) is 28.0 Å². The van der Waals surface area contributed by atoms with Crippen LogP contribution in [0.2, 0.25) is 0 Å². The Kier molecular flexibility index (Phi) is 5.43. The second kappa shape index (κ2) is 7.74. The normalized spacial score (nSPS) is 19.7. The first-order chi connectivity index (χ1) is 12.0. The van der Waals surface area contributed by atoms with E-state index in [-0.39, 0.29) is 24.2 Å². The van der Waals surface area contributed by atoms with E-state index in [1.165, 1.54) is 23.5 Å². The first kappa shape index (κ1) is 17.5. The molecule has 132 valence electrons. The lowest BCUT2D eigenvalue weighted by Crippen LogP contribution is -2.40. The Morgan fingerprint density at radius 3 is 2.76 bits per heavy atom.